The second-order valence-electron chi connectivity index (χ2n) is 5.79. The van der Waals surface area contributed by atoms with Gasteiger partial charge in [0.05, 0.1) is 18.3 Å². The molecule has 0 aliphatic heterocycles. The van der Waals surface area contributed by atoms with Crippen molar-refractivity contribution in [2.24, 2.45) is 5.92 Å². The largest absolute Gasteiger partial charge is 0.441 e. The summed E-state index contributed by atoms with van der Waals surface area (Å²) in [6, 6.07) is 8.62. The van der Waals surface area contributed by atoms with Crippen LogP contribution < -0.4 is 5.32 Å². The molecule has 1 aliphatic rings. The molecule has 0 radical (unpaired) electrons. The summed E-state index contributed by atoms with van der Waals surface area (Å²) in [7, 11) is 1.76. The molecule has 0 unspecified atom stereocenters. The minimum atomic E-state index is 0.387. The minimum Gasteiger partial charge on any atom is -0.441 e. The van der Waals surface area contributed by atoms with Gasteiger partial charge in [0.1, 0.15) is 5.76 Å². The van der Waals surface area contributed by atoms with E-state index in [1.54, 1.807) is 7.11 Å². The van der Waals surface area contributed by atoms with Crippen LogP contribution in [0.4, 0.5) is 5.69 Å². The van der Waals surface area contributed by atoms with Crippen LogP contribution in [0.2, 0.25) is 0 Å². The van der Waals surface area contributed by atoms with E-state index in [-0.39, 0.29) is 0 Å². The number of anilines is 1. The van der Waals surface area contributed by atoms with E-state index in [0.29, 0.717) is 11.9 Å². The average Bonchev–Trinajstić information content (AvgIpc) is 3.26. The maximum atomic E-state index is 5.70. The van der Waals surface area contributed by atoms with Gasteiger partial charge >= 0.3 is 0 Å². The molecular weight excluding hydrogens is 264 g/mol. The fourth-order valence-electron chi connectivity index (χ4n) is 2.53. The molecule has 1 N–H and O–H groups in total. The van der Waals surface area contributed by atoms with Gasteiger partial charge in [-0.2, -0.15) is 0 Å². The Morgan fingerprint density at radius 1 is 1.38 bits per heavy atom. The van der Waals surface area contributed by atoms with E-state index in [1.807, 2.05) is 26.0 Å². The van der Waals surface area contributed by atoms with Crippen molar-refractivity contribution in [3.05, 3.63) is 35.7 Å². The normalized spacial score (nSPS) is 16.0. The molecule has 4 nitrogen and oxygen atoms in total. The Morgan fingerprint density at radius 2 is 2.19 bits per heavy atom. The number of benzene rings is 1. The Kier molecular flexibility index (Phi) is 3.97. The van der Waals surface area contributed by atoms with Crippen molar-refractivity contribution in [2.45, 2.75) is 32.7 Å². The number of nitrogens with zero attached hydrogens (tertiary/aromatic N) is 1. The third-order valence-corrected chi connectivity index (χ3v) is 4.03. The lowest BCUT2D eigenvalue weighted by Crippen LogP contribution is -2.27. The van der Waals surface area contributed by atoms with Crippen LogP contribution in [0.25, 0.3) is 11.5 Å². The molecule has 0 spiro atoms. The monoisotopic (exact) mass is 286 g/mol. The van der Waals surface area contributed by atoms with Crippen molar-refractivity contribution >= 4 is 5.69 Å². The number of ether oxygens (including phenoxy) is 1. The zero-order valence-electron chi connectivity index (χ0n) is 12.8. The Labute approximate surface area is 125 Å². The van der Waals surface area contributed by atoms with Gasteiger partial charge in [-0.25, -0.2) is 4.98 Å². The van der Waals surface area contributed by atoms with Gasteiger partial charge in [-0.05, 0) is 50.8 Å². The Bertz CT molecular complexity index is 598. The first-order valence-corrected chi connectivity index (χ1v) is 7.47. The van der Waals surface area contributed by atoms with Crippen LogP contribution in [0.1, 0.15) is 24.3 Å². The number of aromatic nitrogens is 1. The van der Waals surface area contributed by atoms with Gasteiger partial charge in [0.2, 0.25) is 5.89 Å². The number of hydrogen-bond acceptors (Lipinski definition) is 4. The summed E-state index contributed by atoms with van der Waals surface area (Å²) in [5.74, 6) is 2.29. The van der Waals surface area contributed by atoms with Crippen molar-refractivity contribution in [3.63, 3.8) is 0 Å². The minimum absolute atomic E-state index is 0.387. The fourth-order valence-corrected chi connectivity index (χ4v) is 2.53. The van der Waals surface area contributed by atoms with Crippen LogP contribution in [0, 0.1) is 19.8 Å². The summed E-state index contributed by atoms with van der Waals surface area (Å²) in [5.41, 5.74) is 3.04. The molecule has 2 aromatic rings. The van der Waals surface area contributed by atoms with Crippen LogP contribution in [-0.2, 0) is 4.74 Å². The Balaban J connectivity index is 1.79. The topological polar surface area (TPSA) is 47.3 Å². The van der Waals surface area contributed by atoms with Crippen molar-refractivity contribution < 1.29 is 9.15 Å². The molecule has 1 aromatic carbocycles. The molecule has 1 aromatic heterocycles. The van der Waals surface area contributed by atoms with Gasteiger partial charge in [0.15, 0.2) is 0 Å². The van der Waals surface area contributed by atoms with Crippen LogP contribution in [0.3, 0.4) is 0 Å². The van der Waals surface area contributed by atoms with Crippen LogP contribution >= 0.6 is 0 Å². The smallest absolute Gasteiger partial charge is 0.226 e. The predicted octanol–water partition coefficient (Wildman–Crippen LogP) is 3.80. The summed E-state index contributed by atoms with van der Waals surface area (Å²) in [4.78, 5) is 4.47. The number of nitrogens with one attached hydrogen (secondary N) is 1. The van der Waals surface area contributed by atoms with Gasteiger partial charge in [0.25, 0.3) is 0 Å². The number of hydrogen-bond donors (Lipinski definition) is 1. The number of methoxy groups -OCH3 is 1. The predicted molar refractivity (Wildman–Crippen MR) is 83.4 cm³/mol. The average molecular weight is 286 g/mol. The Hall–Kier alpha value is -1.81. The molecule has 3 rings (SSSR count). The number of aryl methyl sites for hydroxylation is 2. The molecule has 1 atom stereocenters. The highest BCUT2D eigenvalue weighted by molar-refractivity contribution is 5.62. The molecule has 0 bridgehead atoms. The molecule has 1 fully saturated rings. The summed E-state index contributed by atoms with van der Waals surface area (Å²) in [6.45, 7) is 4.65. The Morgan fingerprint density at radius 3 is 2.81 bits per heavy atom. The maximum absolute atomic E-state index is 5.70. The highest BCUT2D eigenvalue weighted by atomic mass is 16.5. The van der Waals surface area contributed by atoms with E-state index in [4.69, 9.17) is 9.15 Å². The lowest BCUT2D eigenvalue weighted by molar-refractivity contribution is 0.179. The van der Waals surface area contributed by atoms with Gasteiger partial charge in [0, 0.05) is 18.4 Å². The van der Waals surface area contributed by atoms with Gasteiger partial charge < -0.3 is 14.5 Å². The fraction of sp³-hybridized carbons (Fsp3) is 0.471. The van der Waals surface area contributed by atoms with E-state index < -0.39 is 0 Å². The first kappa shape index (κ1) is 14.1. The molecule has 0 saturated heterocycles. The van der Waals surface area contributed by atoms with Gasteiger partial charge in [-0.15, -0.1) is 0 Å². The third kappa shape index (κ3) is 3.27. The zero-order valence-corrected chi connectivity index (χ0v) is 12.8. The molecule has 0 amide bonds. The lowest BCUT2D eigenvalue weighted by Gasteiger charge is -2.18. The van der Waals surface area contributed by atoms with Crippen molar-refractivity contribution in [3.8, 4) is 11.5 Å². The molecule has 1 aliphatic carbocycles. The van der Waals surface area contributed by atoms with E-state index in [9.17, 15) is 0 Å². The molecule has 4 heteroatoms. The summed E-state index contributed by atoms with van der Waals surface area (Å²) in [6.07, 6.45) is 2.58. The SMILES string of the molecule is COC[C@@H](Nc1cccc(-c2nc(C)c(C)o2)c1)C1CC1. The maximum Gasteiger partial charge on any atom is 0.226 e. The summed E-state index contributed by atoms with van der Waals surface area (Å²) >= 11 is 0. The highest BCUT2D eigenvalue weighted by Crippen LogP contribution is 2.35. The summed E-state index contributed by atoms with van der Waals surface area (Å²) in [5, 5.41) is 3.58. The quantitative estimate of drug-likeness (QED) is 0.877. The van der Waals surface area contributed by atoms with Gasteiger partial charge in [-0.3, -0.25) is 0 Å². The highest BCUT2D eigenvalue weighted by Gasteiger charge is 2.31. The number of rotatable bonds is 6. The zero-order chi connectivity index (χ0) is 14.8. The molecule has 112 valence electrons. The van der Waals surface area contributed by atoms with E-state index >= 15 is 0 Å². The van der Waals surface area contributed by atoms with Crippen LogP contribution in [0.5, 0.6) is 0 Å². The van der Waals surface area contributed by atoms with E-state index in [1.165, 1.54) is 12.8 Å². The number of oxazole rings is 1. The van der Waals surface area contributed by atoms with Crippen molar-refractivity contribution in [1.29, 1.82) is 0 Å². The van der Waals surface area contributed by atoms with Crippen molar-refractivity contribution in [2.75, 3.05) is 19.0 Å². The second-order valence-corrected chi connectivity index (χ2v) is 5.79. The molecule has 1 saturated carbocycles. The molecule has 21 heavy (non-hydrogen) atoms. The van der Waals surface area contributed by atoms with E-state index in [0.717, 1.165) is 35.2 Å². The second kappa shape index (κ2) is 5.90. The standard InChI is InChI=1S/C17H22N2O2/c1-11-12(2)21-17(18-11)14-5-4-6-15(9-14)19-16(10-20-3)13-7-8-13/h4-6,9,13,16,19H,7-8,10H2,1-3H3/t16-/m1/s1. The van der Waals surface area contributed by atoms with Crippen LogP contribution in [-0.4, -0.2) is 24.7 Å². The summed E-state index contributed by atoms with van der Waals surface area (Å²) < 4.78 is 11.0. The first-order chi connectivity index (χ1) is 10.2. The third-order valence-electron chi connectivity index (χ3n) is 4.03. The van der Waals surface area contributed by atoms with Gasteiger partial charge in [-0.1, -0.05) is 6.07 Å². The van der Waals surface area contributed by atoms with Crippen molar-refractivity contribution in [1.82, 2.24) is 4.98 Å². The van der Waals surface area contributed by atoms with Crippen LogP contribution in [0.15, 0.2) is 28.7 Å². The lowest BCUT2D eigenvalue weighted by atomic mass is 10.1. The first-order valence-electron chi connectivity index (χ1n) is 7.47. The molecule has 1 heterocycles. The van der Waals surface area contributed by atoms with E-state index in [2.05, 4.69) is 22.4 Å². The molecular formula is C17H22N2O2.